The van der Waals surface area contributed by atoms with Crippen molar-refractivity contribution in [2.75, 3.05) is 11.9 Å². The molecule has 0 radical (unpaired) electrons. The first kappa shape index (κ1) is 12.4. The molecule has 2 aromatic rings. The van der Waals surface area contributed by atoms with E-state index in [0.29, 0.717) is 6.54 Å². The number of aliphatic hydroxyl groups excluding tert-OH is 1. The average Bonchev–Trinajstić information content (AvgIpc) is 2.38. The Bertz CT molecular complexity index is 473. The highest BCUT2D eigenvalue weighted by Crippen LogP contribution is 2.19. The van der Waals surface area contributed by atoms with Crippen LogP contribution in [0.2, 0.25) is 0 Å². The van der Waals surface area contributed by atoms with Crippen molar-refractivity contribution in [3.8, 4) is 0 Å². The molecular formula is C14H14INO. The van der Waals surface area contributed by atoms with Gasteiger partial charge in [-0.25, -0.2) is 0 Å². The molecule has 17 heavy (non-hydrogen) atoms. The van der Waals surface area contributed by atoms with Gasteiger partial charge in [-0.3, -0.25) is 0 Å². The Morgan fingerprint density at radius 3 is 2.35 bits per heavy atom. The largest absolute Gasteiger partial charge is 0.387 e. The van der Waals surface area contributed by atoms with Crippen LogP contribution in [0.1, 0.15) is 11.7 Å². The zero-order valence-corrected chi connectivity index (χ0v) is 11.5. The third-order valence-electron chi connectivity index (χ3n) is 2.54. The number of para-hydroxylation sites is 1. The van der Waals surface area contributed by atoms with Crippen LogP contribution in [0.25, 0.3) is 0 Å². The van der Waals surface area contributed by atoms with Gasteiger partial charge in [-0.15, -0.1) is 0 Å². The molecule has 3 heteroatoms. The van der Waals surface area contributed by atoms with E-state index in [1.54, 1.807) is 0 Å². The van der Waals surface area contributed by atoms with E-state index in [-0.39, 0.29) is 0 Å². The number of nitrogens with one attached hydrogen (secondary N) is 1. The first-order chi connectivity index (χ1) is 8.27. The number of halogens is 1. The first-order valence-corrected chi connectivity index (χ1v) is 6.56. The predicted octanol–water partition coefficient (Wildman–Crippen LogP) is 3.44. The summed E-state index contributed by atoms with van der Waals surface area (Å²) in [6.07, 6.45) is -0.479. The summed E-state index contributed by atoms with van der Waals surface area (Å²) in [6.45, 7) is 0.518. The van der Waals surface area contributed by atoms with Crippen molar-refractivity contribution in [1.82, 2.24) is 0 Å². The van der Waals surface area contributed by atoms with Crippen molar-refractivity contribution in [3.63, 3.8) is 0 Å². The number of benzene rings is 2. The van der Waals surface area contributed by atoms with Gasteiger partial charge in [0, 0.05) is 15.8 Å². The molecule has 0 aliphatic rings. The van der Waals surface area contributed by atoms with Gasteiger partial charge in [0.05, 0.1) is 6.10 Å². The van der Waals surface area contributed by atoms with Crippen LogP contribution < -0.4 is 5.32 Å². The molecule has 2 aromatic carbocycles. The lowest BCUT2D eigenvalue weighted by Crippen LogP contribution is -2.12. The highest BCUT2D eigenvalue weighted by atomic mass is 127. The molecule has 2 nitrogen and oxygen atoms in total. The Kier molecular flexibility index (Phi) is 4.39. The van der Waals surface area contributed by atoms with E-state index >= 15 is 0 Å². The molecule has 0 aromatic heterocycles. The molecule has 2 N–H and O–H groups in total. The van der Waals surface area contributed by atoms with Crippen LogP contribution in [0.3, 0.4) is 0 Å². The molecule has 0 fully saturated rings. The van der Waals surface area contributed by atoms with E-state index in [0.717, 1.165) is 14.8 Å². The maximum atomic E-state index is 10.0. The SMILES string of the molecule is OC(CNc1ccccc1I)c1ccccc1. The number of rotatable bonds is 4. The molecule has 1 unspecified atom stereocenters. The van der Waals surface area contributed by atoms with Crippen LogP contribution in [-0.4, -0.2) is 11.7 Å². The van der Waals surface area contributed by atoms with Gasteiger partial charge in [-0.05, 0) is 40.3 Å². The van der Waals surface area contributed by atoms with Crippen molar-refractivity contribution in [3.05, 3.63) is 63.7 Å². The smallest absolute Gasteiger partial charge is 0.0962 e. The average molecular weight is 339 g/mol. The minimum Gasteiger partial charge on any atom is -0.387 e. The maximum Gasteiger partial charge on any atom is 0.0962 e. The minimum absolute atomic E-state index is 0.479. The lowest BCUT2D eigenvalue weighted by atomic mass is 10.1. The summed E-state index contributed by atoms with van der Waals surface area (Å²) in [5, 5.41) is 13.3. The van der Waals surface area contributed by atoms with Crippen molar-refractivity contribution in [2.24, 2.45) is 0 Å². The van der Waals surface area contributed by atoms with Crippen LogP contribution in [0.15, 0.2) is 54.6 Å². The summed E-state index contributed by atoms with van der Waals surface area (Å²) in [7, 11) is 0. The summed E-state index contributed by atoms with van der Waals surface area (Å²) < 4.78 is 1.16. The van der Waals surface area contributed by atoms with Gasteiger partial charge >= 0.3 is 0 Å². The van der Waals surface area contributed by atoms with Gasteiger partial charge in [0.2, 0.25) is 0 Å². The number of hydrogen-bond acceptors (Lipinski definition) is 2. The van der Waals surface area contributed by atoms with Crippen molar-refractivity contribution in [2.45, 2.75) is 6.10 Å². The van der Waals surface area contributed by atoms with Crippen LogP contribution >= 0.6 is 22.6 Å². The van der Waals surface area contributed by atoms with Crippen LogP contribution in [0, 0.1) is 3.57 Å². The lowest BCUT2D eigenvalue weighted by Gasteiger charge is -2.14. The summed E-state index contributed by atoms with van der Waals surface area (Å²) in [5.41, 5.74) is 1.99. The fourth-order valence-corrected chi connectivity index (χ4v) is 2.18. The van der Waals surface area contributed by atoms with Gasteiger partial charge in [0.25, 0.3) is 0 Å². The van der Waals surface area contributed by atoms with Crippen LogP contribution in [0.5, 0.6) is 0 Å². The summed E-state index contributed by atoms with van der Waals surface area (Å²) >= 11 is 2.28. The van der Waals surface area contributed by atoms with Gasteiger partial charge in [0.15, 0.2) is 0 Å². The van der Waals surface area contributed by atoms with Gasteiger partial charge < -0.3 is 10.4 Å². The molecule has 0 saturated heterocycles. The molecule has 2 rings (SSSR count). The van der Waals surface area contributed by atoms with E-state index in [4.69, 9.17) is 0 Å². The molecule has 0 aliphatic heterocycles. The number of anilines is 1. The monoisotopic (exact) mass is 339 g/mol. The molecule has 0 saturated carbocycles. The lowest BCUT2D eigenvalue weighted by molar-refractivity contribution is 0.191. The zero-order chi connectivity index (χ0) is 12.1. The van der Waals surface area contributed by atoms with E-state index in [2.05, 4.69) is 27.9 Å². The third kappa shape index (κ3) is 3.44. The predicted molar refractivity (Wildman–Crippen MR) is 79.1 cm³/mol. The fourth-order valence-electron chi connectivity index (χ4n) is 1.60. The fraction of sp³-hybridized carbons (Fsp3) is 0.143. The minimum atomic E-state index is -0.479. The van der Waals surface area contributed by atoms with E-state index in [1.807, 2.05) is 54.6 Å². The van der Waals surface area contributed by atoms with Crippen molar-refractivity contribution < 1.29 is 5.11 Å². The molecule has 0 aliphatic carbocycles. The Labute approximate surface area is 115 Å². The zero-order valence-electron chi connectivity index (χ0n) is 9.31. The van der Waals surface area contributed by atoms with Crippen molar-refractivity contribution >= 4 is 28.3 Å². The second-order valence-corrected chi connectivity index (χ2v) is 4.95. The summed E-state index contributed by atoms with van der Waals surface area (Å²) in [4.78, 5) is 0. The standard InChI is InChI=1S/C14H14INO/c15-12-8-4-5-9-13(12)16-10-14(17)11-6-2-1-3-7-11/h1-9,14,16-17H,10H2. The van der Waals surface area contributed by atoms with E-state index in [1.165, 1.54) is 0 Å². The second-order valence-electron chi connectivity index (χ2n) is 3.79. The van der Waals surface area contributed by atoms with E-state index < -0.39 is 6.10 Å². The normalized spacial score (nSPS) is 12.1. The molecule has 0 bridgehead atoms. The molecule has 88 valence electrons. The molecule has 1 atom stereocenters. The highest BCUT2D eigenvalue weighted by molar-refractivity contribution is 14.1. The van der Waals surface area contributed by atoms with Crippen LogP contribution in [0.4, 0.5) is 5.69 Å². The molecular weight excluding hydrogens is 325 g/mol. The van der Waals surface area contributed by atoms with Crippen LogP contribution in [-0.2, 0) is 0 Å². The third-order valence-corrected chi connectivity index (χ3v) is 3.48. The molecule has 0 spiro atoms. The second kappa shape index (κ2) is 6.02. The number of hydrogen-bond donors (Lipinski definition) is 2. The van der Waals surface area contributed by atoms with Gasteiger partial charge in [-0.2, -0.15) is 0 Å². The Morgan fingerprint density at radius 1 is 1.00 bits per heavy atom. The number of aliphatic hydroxyl groups is 1. The first-order valence-electron chi connectivity index (χ1n) is 5.49. The van der Waals surface area contributed by atoms with E-state index in [9.17, 15) is 5.11 Å². The van der Waals surface area contributed by atoms with Gasteiger partial charge in [-0.1, -0.05) is 42.5 Å². The Hall–Kier alpha value is -1.07. The van der Waals surface area contributed by atoms with Crippen molar-refractivity contribution in [1.29, 1.82) is 0 Å². The summed E-state index contributed by atoms with van der Waals surface area (Å²) in [6, 6.07) is 17.7. The molecule has 0 amide bonds. The van der Waals surface area contributed by atoms with Gasteiger partial charge in [0.1, 0.15) is 0 Å². The quantitative estimate of drug-likeness (QED) is 0.837. The Morgan fingerprint density at radius 2 is 1.65 bits per heavy atom. The summed E-state index contributed by atoms with van der Waals surface area (Å²) in [5.74, 6) is 0. The highest BCUT2D eigenvalue weighted by Gasteiger charge is 2.06. The maximum absolute atomic E-state index is 10.0. The Balaban J connectivity index is 1.97. The topological polar surface area (TPSA) is 32.3 Å². The molecule has 0 heterocycles.